The number of carboxylic acids is 1. The largest absolute Gasteiger partial charge is 0.478 e. The Balaban J connectivity index is 1.88. The quantitative estimate of drug-likeness (QED) is 0.390. The van der Waals surface area contributed by atoms with Crippen LogP contribution in [0.15, 0.2) is 64.5 Å². The van der Waals surface area contributed by atoms with E-state index in [9.17, 15) is 14.3 Å². The number of hydrogen-bond acceptors (Lipinski definition) is 3. The van der Waals surface area contributed by atoms with Crippen LogP contribution >= 0.6 is 23.4 Å². The third-order valence-corrected chi connectivity index (χ3v) is 6.13. The maximum absolute atomic E-state index is 14.7. The summed E-state index contributed by atoms with van der Waals surface area (Å²) in [6, 6.07) is 14.1. The van der Waals surface area contributed by atoms with Crippen LogP contribution in [-0.2, 0) is 0 Å². The van der Waals surface area contributed by atoms with Gasteiger partial charge in [-0.05, 0) is 43.7 Å². The van der Waals surface area contributed by atoms with Gasteiger partial charge in [-0.25, -0.2) is 14.2 Å². The highest BCUT2D eigenvalue weighted by atomic mass is 35.5. The highest BCUT2D eigenvalue weighted by molar-refractivity contribution is 7.99. The zero-order valence-electron chi connectivity index (χ0n) is 15.6. The van der Waals surface area contributed by atoms with E-state index in [0.717, 1.165) is 32.7 Å². The lowest BCUT2D eigenvalue weighted by Gasteiger charge is -2.10. The van der Waals surface area contributed by atoms with Gasteiger partial charge in [0.2, 0.25) is 0 Å². The average molecular weight is 427 g/mol. The van der Waals surface area contributed by atoms with Gasteiger partial charge in [0.05, 0.1) is 22.5 Å². The second-order valence-corrected chi connectivity index (χ2v) is 8.05. The van der Waals surface area contributed by atoms with Crippen molar-refractivity contribution in [2.75, 3.05) is 0 Å². The number of aryl methyl sites for hydroxylation is 2. The summed E-state index contributed by atoms with van der Waals surface area (Å²) in [5, 5.41) is 10.6. The van der Waals surface area contributed by atoms with Crippen molar-refractivity contribution in [3.63, 3.8) is 0 Å². The molecule has 0 spiro atoms. The lowest BCUT2D eigenvalue weighted by Crippen LogP contribution is -2.01. The Morgan fingerprint density at radius 3 is 2.66 bits per heavy atom. The van der Waals surface area contributed by atoms with E-state index in [2.05, 4.69) is 4.98 Å². The van der Waals surface area contributed by atoms with Crippen molar-refractivity contribution in [2.24, 2.45) is 0 Å². The summed E-state index contributed by atoms with van der Waals surface area (Å²) in [7, 11) is 0. The van der Waals surface area contributed by atoms with Crippen molar-refractivity contribution in [1.82, 2.24) is 9.55 Å². The summed E-state index contributed by atoms with van der Waals surface area (Å²) in [5.41, 5.74) is 3.12. The molecule has 4 rings (SSSR count). The number of halogens is 2. The first-order valence-electron chi connectivity index (χ1n) is 8.80. The van der Waals surface area contributed by atoms with E-state index in [1.165, 1.54) is 17.8 Å². The third-order valence-electron chi connectivity index (χ3n) is 4.66. The van der Waals surface area contributed by atoms with E-state index < -0.39 is 11.8 Å². The number of fused-ring (bicyclic) bond motifs is 1. The number of hydrogen-bond donors (Lipinski definition) is 1. The molecule has 2 aromatic heterocycles. The monoisotopic (exact) mass is 426 g/mol. The smallest absolute Gasteiger partial charge is 0.338 e. The van der Waals surface area contributed by atoms with Gasteiger partial charge in [-0.15, -0.1) is 0 Å². The maximum atomic E-state index is 14.7. The number of nitrogens with zero attached hydrogens (tertiary/aromatic N) is 2. The number of pyridine rings is 1. The molecule has 0 atom stereocenters. The first-order valence-corrected chi connectivity index (χ1v) is 10.00. The van der Waals surface area contributed by atoms with E-state index in [4.69, 9.17) is 11.6 Å². The average Bonchev–Trinajstić information content (AvgIpc) is 3.04. The Labute approximate surface area is 176 Å². The highest BCUT2D eigenvalue weighted by Crippen LogP contribution is 2.38. The van der Waals surface area contributed by atoms with Crippen molar-refractivity contribution in [3.8, 4) is 5.69 Å². The van der Waals surface area contributed by atoms with Gasteiger partial charge in [0.1, 0.15) is 5.15 Å². The molecular weight excluding hydrogens is 411 g/mol. The van der Waals surface area contributed by atoms with Gasteiger partial charge in [-0.3, -0.25) is 0 Å². The van der Waals surface area contributed by atoms with Gasteiger partial charge in [0.25, 0.3) is 0 Å². The number of para-hydroxylation sites is 1. The number of carbonyl (C=O) groups is 1. The molecule has 0 bridgehead atoms. The fourth-order valence-electron chi connectivity index (χ4n) is 3.21. The van der Waals surface area contributed by atoms with Crippen LogP contribution in [0.1, 0.15) is 21.6 Å². The van der Waals surface area contributed by atoms with Crippen LogP contribution in [0.4, 0.5) is 4.39 Å². The van der Waals surface area contributed by atoms with Gasteiger partial charge in [-0.1, -0.05) is 47.6 Å². The molecule has 0 aliphatic heterocycles. The van der Waals surface area contributed by atoms with Gasteiger partial charge in [-0.2, -0.15) is 0 Å². The Hall–Kier alpha value is -2.83. The molecule has 2 aromatic carbocycles. The first kappa shape index (κ1) is 19.5. The van der Waals surface area contributed by atoms with E-state index in [1.54, 1.807) is 12.1 Å². The summed E-state index contributed by atoms with van der Waals surface area (Å²) in [6.07, 6.45) is 1.92. The lowest BCUT2D eigenvalue weighted by atomic mass is 10.2. The summed E-state index contributed by atoms with van der Waals surface area (Å²) < 4.78 is 16.7. The molecule has 29 heavy (non-hydrogen) atoms. The number of carboxylic acid groups (broad SMARTS) is 1. The van der Waals surface area contributed by atoms with Gasteiger partial charge >= 0.3 is 5.97 Å². The van der Waals surface area contributed by atoms with E-state index in [-0.39, 0.29) is 10.5 Å². The molecule has 4 aromatic rings. The number of benzene rings is 2. The minimum Gasteiger partial charge on any atom is -0.478 e. The SMILES string of the molecule is Cc1cc(-n2cc(Sc3cccc(C(=O)O)c3F)c3ccccc32)c(C)nc1Cl. The zero-order chi connectivity index (χ0) is 20.7. The Kier molecular flexibility index (Phi) is 5.06. The van der Waals surface area contributed by atoms with Crippen LogP contribution in [0.5, 0.6) is 0 Å². The van der Waals surface area contributed by atoms with Crippen LogP contribution in [0.25, 0.3) is 16.6 Å². The zero-order valence-corrected chi connectivity index (χ0v) is 17.2. The minimum absolute atomic E-state index is 0.259. The molecule has 1 N–H and O–H groups in total. The molecule has 146 valence electrons. The molecule has 2 heterocycles. The first-order chi connectivity index (χ1) is 13.9. The molecule has 0 saturated heterocycles. The number of rotatable bonds is 4. The fourth-order valence-corrected chi connectivity index (χ4v) is 4.41. The van der Waals surface area contributed by atoms with Crippen molar-refractivity contribution >= 4 is 40.2 Å². The van der Waals surface area contributed by atoms with Crippen LogP contribution in [0, 0.1) is 19.7 Å². The molecule has 0 radical (unpaired) electrons. The molecular formula is C22H16ClFN2O2S. The standard InChI is InChI=1S/C22H16ClFN2O2S/c1-12-10-17(13(2)25-21(12)23)26-11-19(14-6-3-4-8-16(14)26)29-18-9-5-7-15(20(18)24)22(27)28/h3-11H,1-2H3,(H,27,28). The molecule has 0 aliphatic carbocycles. The highest BCUT2D eigenvalue weighted by Gasteiger charge is 2.18. The summed E-state index contributed by atoms with van der Waals surface area (Å²) in [6.45, 7) is 3.78. The second kappa shape index (κ2) is 7.54. The van der Waals surface area contributed by atoms with Crippen molar-refractivity contribution in [1.29, 1.82) is 0 Å². The van der Waals surface area contributed by atoms with E-state index in [0.29, 0.717) is 5.15 Å². The molecule has 0 unspecified atom stereocenters. The van der Waals surface area contributed by atoms with Crippen molar-refractivity contribution in [2.45, 2.75) is 23.6 Å². The van der Waals surface area contributed by atoms with Crippen LogP contribution in [0.3, 0.4) is 0 Å². The maximum Gasteiger partial charge on any atom is 0.338 e. The molecule has 4 nitrogen and oxygen atoms in total. The van der Waals surface area contributed by atoms with Gasteiger partial charge < -0.3 is 9.67 Å². The fraction of sp³-hybridized carbons (Fsp3) is 0.0909. The van der Waals surface area contributed by atoms with Crippen LogP contribution < -0.4 is 0 Å². The summed E-state index contributed by atoms with van der Waals surface area (Å²) >= 11 is 7.35. The lowest BCUT2D eigenvalue weighted by molar-refractivity contribution is 0.0691. The Bertz CT molecular complexity index is 1270. The van der Waals surface area contributed by atoms with E-state index >= 15 is 0 Å². The Morgan fingerprint density at radius 1 is 1.14 bits per heavy atom. The van der Waals surface area contributed by atoms with E-state index in [1.807, 2.05) is 54.9 Å². The Morgan fingerprint density at radius 2 is 1.90 bits per heavy atom. The number of aromatic nitrogens is 2. The molecule has 0 amide bonds. The minimum atomic E-state index is -1.29. The topological polar surface area (TPSA) is 55.1 Å². The van der Waals surface area contributed by atoms with Gasteiger partial charge in [0.15, 0.2) is 5.82 Å². The van der Waals surface area contributed by atoms with Crippen LogP contribution in [0.2, 0.25) is 5.15 Å². The van der Waals surface area contributed by atoms with Crippen molar-refractivity contribution in [3.05, 3.63) is 82.5 Å². The molecule has 0 saturated carbocycles. The normalized spacial score (nSPS) is 11.2. The molecule has 0 fully saturated rings. The van der Waals surface area contributed by atoms with Crippen molar-refractivity contribution < 1.29 is 14.3 Å². The summed E-state index contributed by atoms with van der Waals surface area (Å²) in [4.78, 5) is 16.7. The second-order valence-electron chi connectivity index (χ2n) is 6.61. The number of aromatic carboxylic acids is 1. The summed E-state index contributed by atoms with van der Waals surface area (Å²) in [5.74, 6) is -2.02. The third kappa shape index (κ3) is 3.50. The predicted molar refractivity (Wildman–Crippen MR) is 113 cm³/mol. The van der Waals surface area contributed by atoms with Crippen LogP contribution in [-0.4, -0.2) is 20.6 Å². The van der Waals surface area contributed by atoms with Gasteiger partial charge in [0, 0.05) is 21.4 Å². The predicted octanol–water partition coefficient (Wildman–Crippen LogP) is 6.28. The molecule has 7 heteroatoms. The molecule has 0 aliphatic rings.